The van der Waals surface area contributed by atoms with E-state index < -0.39 is 23.7 Å². The van der Waals surface area contributed by atoms with Crippen LogP contribution in [0.1, 0.15) is 46.1 Å². The number of anilines is 1. The highest BCUT2D eigenvalue weighted by molar-refractivity contribution is 6.35. The smallest absolute Gasteiger partial charge is 0.397 e. The number of nitrogens with one attached hydrogen (secondary N) is 1. The van der Waals surface area contributed by atoms with Crippen molar-refractivity contribution in [3.05, 3.63) is 29.8 Å². The van der Waals surface area contributed by atoms with E-state index in [0.717, 1.165) is 0 Å². The Bertz CT molecular complexity index is 910. The molecule has 0 bridgehead atoms. The summed E-state index contributed by atoms with van der Waals surface area (Å²) in [6, 6.07) is 8.13. The second-order valence-electron chi connectivity index (χ2n) is 9.81. The maximum Gasteiger partial charge on any atom is 0.397 e. The predicted molar refractivity (Wildman–Crippen MR) is 128 cm³/mol. The summed E-state index contributed by atoms with van der Waals surface area (Å²) in [5.74, 6) is -2.65. The predicted octanol–water partition coefficient (Wildman–Crippen LogP) is 1.30. The lowest BCUT2D eigenvalue weighted by Gasteiger charge is -2.38. The number of likely N-dealkylation sites (tertiary alicyclic amines) is 1. The maximum absolute atomic E-state index is 12.7. The monoisotopic (exact) mass is 472 g/mol. The molecule has 3 rings (SSSR count). The summed E-state index contributed by atoms with van der Waals surface area (Å²) in [5, 5.41) is 2.80. The highest BCUT2D eigenvalue weighted by Gasteiger charge is 2.32. The third kappa shape index (κ3) is 6.07. The quantitative estimate of drug-likeness (QED) is 0.526. The molecule has 2 aliphatic rings. The molecular weight excluding hydrogens is 436 g/mol. The summed E-state index contributed by atoms with van der Waals surface area (Å²) in [4.78, 5) is 54.3. The van der Waals surface area contributed by atoms with E-state index >= 15 is 0 Å². The second kappa shape index (κ2) is 10.9. The molecule has 0 aliphatic carbocycles. The fourth-order valence-corrected chi connectivity index (χ4v) is 4.47. The Morgan fingerprint density at radius 3 is 2.09 bits per heavy atom. The summed E-state index contributed by atoms with van der Waals surface area (Å²) in [6.07, 6.45) is 0.975. The number of piperidine rings is 1. The zero-order valence-electron chi connectivity index (χ0n) is 20.6. The summed E-state index contributed by atoms with van der Waals surface area (Å²) in [6.45, 7) is 11.3. The summed E-state index contributed by atoms with van der Waals surface area (Å²) < 4.78 is 4.75. The van der Waals surface area contributed by atoms with Gasteiger partial charge in [-0.25, -0.2) is 4.79 Å². The number of nitrogens with zero attached hydrogens (tertiary/aromatic N) is 3. The molecule has 0 spiro atoms. The molecule has 186 valence electrons. The first kappa shape index (κ1) is 25.5. The molecule has 9 nitrogen and oxygen atoms in total. The lowest BCUT2D eigenvalue weighted by atomic mass is 9.85. The Labute approximate surface area is 201 Å². The zero-order chi connectivity index (χ0) is 24.9. The van der Waals surface area contributed by atoms with Crippen LogP contribution in [-0.2, 0) is 29.3 Å². The van der Waals surface area contributed by atoms with E-state index in [1.54, 1.807) is 11.8 Å². The molecular formula is C25H36N4O5. The first-order valence-electron chi connectivity index (χ1n) is 12.0. The Balaban J connectivity index is 1.48. The van der Waals surface area contributed by atoms with E-state index in [1.807, 2.05) is 12.1 Å². The number of esters is 1. The van der Waals surface area contributed by atoms with Crippen LogP contribution in [0, 0.1) is 0 Å². The summed E-state index contributed by atoms with van der Waals surface area (Å²) in [7, 11) is 0. The number of piperazine rings is 1. The summed E-state index contributed by atoms with van der Waals surface area (Å²) in [5.41, 5.74) is 2.45. The minimum atomic E-state index is -0.857. The number of carbonyl (C=O) groups is 4. The van der Waals surface area contributed by atoms with Crippen LogP contribution >= 0.6 is 0 Å². The van der Waals surface area contributed by atoms with Crippen LogP contribution in [0.25, 0.3) is 0 Å². The average molecular weight is 473 g/mol. The fraction of sp³-hybridized carbons (Fsp3) is 0.600. The third-order valence-corrected chi connectivity index (χ3v) is 6.38. The van der Waals surface area contributed by atoms with E-state index in [-0.39, 0.29) is 18.1 Å². The molecule has 1 aromatic carbocycles. The third-order valence-electron chi connectivity index (χ3n) is 6.38. The van der Waals surface area contributed by atoms with Gasteiger partial charge in [0.2, 0.25) is 0 Å². The highest BCUT2D eigenvalue weighted by atomic mass is 16.5. The number of amides is 3. The first-order chi connectivity index (χ1) is 16.1. The minimum Gasteiger partial charge on any atom is -0.459 e. The fourth-order valence-electron chi connectivity index (χ4n) is 4.47. The van der Waals surface area contributed by atoms with Crippen molar-refractivity contribution in [3.8, 4) is 0 Å². The standard InChI is InChI=1S/C25H36N4O5/c1-5-34-24(33)23(32)28-12-10-18(11-13-28)26-21(30)22(31)29-16-14-27(15-17-29)20-9-7-6-8-19(20)25(2,3)4/h6-9,18H,5,10-17H2,1-4H3,(H,26,30). The van der Waals surface area contributed by atoms with Crippen molar-refractivity contribution in [2.75, 3.05) is 50.8 Å². The minimum absolute atomic E-state index is 0.0138. The molecule has 34 heavy (non-hydrogen) atoms. The van der Waals surface area contributed by atoms with Gasteiger partial charge in [0.25, 0.3) is 0 Å². The molecule has 2 saturated heterocycles. The van der Waals surface area contributed by atoms with Crippen LogP contribution in [-0.4, -0.2) is 85.4 Å². The van der Waals surface area contributed by atoms with Crippen LogP contribution in [0.3, 0.4) is 0 Å². The van der Waals surface area contributed by atoms with Crippen LogP contribution in [0.5, 0.6) is 0 Å². The van der Waals surface area contributed by atoms with Crippen molar-refractivity contribution in [1.29, 1.82) is 0 Å². The van der Waals surface area contributed by atoms with Crippen molar-refractivity contribution in [2.24, 2.45) is 0 Å². The SMILES string of the molecule is CCOC(=O)C(=O)N1CCC(NC(=O)C(=O)N2CCN(c3ccccc3C(C)(C)C)CC2)CC1. The molecule has 2 heterocycles. The number of para-hydroxylation sites is 1. The molecule has 0 atom stereocenters. The van der Waals surface area contributed by atoms with Gasteiger partial charge in [0, 0.05) is 51.0 Å². The molecule has 1 aromatic rings. The molecule has 0 saturated carbocycles. The zero-order valence-corrected chi connectivity index (χ0v) is 20.6. The van der Waals surface area contributed by atoms with Gasteiger partial charge in [-0.15, -0.1) is 0 Å². The topological polar surface area (TPSA) is 99.3 Å². The van der Waals surface area contributed by atoms with Gasteiger partial charge < -0.3 is 24.8 Å². The van der Waals surface area contributed by atoms with E-state index in [1.165, 1.54) is 16.2 Å². The van der Waals surface area contributed by atoms with Gasteiger partial charge in [-0.05, 0) is 36.8 Å². The van der Waals surface area contributed by atoms with Gasteiger partial charge in [-0.2, -0.15) is 0 Å². The molecule has 0 aromatic heterocycles. The lowest BCUT2D eigenvalue weighted by Crippen LogP contribution is -2.55. The van der Waals surface area contributed by atoms with Crippen LogP contribution in [0.2, 0.25) is 0 Å². The Morgan fingerprint density at radius 2 is 1.50 bits per heavy atom. The first-order valence-corrected chi connectivity index (χ1v) is 12.0. The Kier molecular flexibility index (Phi) is 8.17. The summed E-state index contributed by atoms with van der Waals surface area (Å²) >= 11 is 0. The molecule has 2 aliphatic heterocycles. The number of carbonyl (C=O) groups excluding carboxylic acids is 4. The lowest BCUT2D eigenvalue weighted by molar-refractivity contribution is -0.160. The second-order valence-corrected chi connectivity index (χ2v) is 9.81. The van der Waals surface area contributed by atoms with Gasteiger partial charge in [0.05, 0.1) is 6.61 Å². The van der Waals surface area contributed by atoms with Crippen molar-refractivity contribution in [3.63, 3.8) is 0 Å². The van der Waals surface area contributed by atoms with Gasteiger partial charge >= 0.3 is 23.7 Å². The van der Waals surface area contributed by atoms with Crippen LogP contribution in [0.4, 0.5) is 5.69 Å². The Hall–Kier alpha value is -3.10. The van der Waals surface area contributed by atoms with Crippen LogP contribution in [0.15, 0.2) is 24.3 Å². The molecule has 3 amide bonds. The van der Waals surface area contributed by atoms with Gasteiger partial charge in [-0.3, -0.25) is 14.4 Å². The van der Waals surface area contributed by atoms with Crippen LogP contribution < -0.4 is 10.2 Å². The number of hydrogen-bond donors (Lipinski definition) is 1. The van der Waals surface area contributed by atoms with E-state index in [2.05, 4.69) is 43.1 Å². The van der Waals surface area contributed by atoms with Gasteiger partial charge in [0.1, 0.15) is 0 Å². The Morgan fingerprint density at radius 1 is 0.912 bits per heavy atom. The molecule has 0 radical (unpaired) electrons. The van der Waals surface area contributed by atoms with E-state index in [0.29, 0.717) is 52.1 Å². The van der Waals surface area contributed by atoms with Crippen molar-refractivity contribution in [2.45, 2.75) is 52.0 Å². The van der Waals surface area contributed by atoms with Crippen molar-refractivity contribution < 1.29 is 23.9 Å². The van der Waals surface area contributed by atoms with Crippen molar-refractivity contribution >= 4 is 29.4 Å². The maximum atomic E-state index is 12.7. The number of benzene rings is 1. The number of ether oxygens (including phenoxy) is 1. The average Bonchev–Trinajstić information content (AvgIpc) is 2.83. The molecule has 1 N–H and O–H groups in total. The molecule has 2 fully saturated rings. The number of hydrogen-bond acceptors (Lipinski definition) is 6. The normalized spacial score (nSPS) is 17.4. The van der Waals surface area contributed by atoms with Crippen molar-refractivity contribution in [1.82, 2.24) is 15.1 Å². The number of rotatable bonds is 3. The molecule has 0 unspecified atom stereocenters. The van der Waals surface area contributed by atoms with E-state index in [4.69, 9.17) is 4.74 Å². The molecule has 9 heteroatoms. The highest BCUT2D eigenvalue weighted by Crippen LogP contribution is 2.32. The largest absolute Gasteiger partial charge is 0.459 e. The van der Waals surface area contributed by atoms with Gasteiger partial charge in [-0.1, -0.05) is 39.0 Å². The van der Waals surface area contributed by atoms with E-state index in [9.17, 15) is 19.2 Å². The van der Waals surface area contributed by atoms with Gasteiger partial charge in [0.15, 0.2) is 0 Å².